The lowest BCUT2D eigenvalue weighted by molar-refractivity contribution is -0.0299. The topological polar surface area (TPSA) is 37.4 Å². The second kappa shape index (κ2) is 6.52. The Morgan fingerprint density at radius 3 is 3.05 bits per heavy atom. The highest BCUT2D eigenvalue weighted by atomic mass is 32.1. The van der Waals surface area contributed by atoms with Gasteiger partial charge in [0.25, 0.3) is 0 Å². The van der Waals surface area contributed by atoms with Crippen LogP contribution in [0.1, 0.15) is 47.9 Å². The molecule has 2 fully saturated rings. The van der Waals surface area contributed by atoms with E-state index in [0.29, 0.717) is 0 Å². The molecule has 2 heterocycles. The van der Waals surface area contributed by atoms with Crippen molar-refractivity contribution in [3.63, 3.8) is 0 Å². The Kier molecular flexibility index (Phi) is 4.71. The second-order valence-electron chi connectivity index (χ2n) is 5.88. The van der Waals surface area contributed by atoms with E-state index >= 15 is 0 Å². The minimum Gasteiger partial charge on any atom is -0.368 e. The number of aromatic nitrogens is 1. The van der Waals surface area contributed by atoms with Crippen molar-refractivity contribution < 1.29 is 4.74 Å². The van der Waals surface area contributed by atoms with Crippen molar-refractivity contribution in [3.8, 4) is 0 Å². The first kappa shape index (κ1) is 14.4. The lowest BCUT2D eigenvalue weighted by Gasteiger charge is -2.31. The quantitative estimate of drug-likeness (QED) is 0.875. The van der Waals surface area contributed by atoms with E-state index in [1.165, 1.54) is 36.4 Å². The molecule has 0 aromatic carbocycles. The molecule has 1 saturated carbocycles. The number of ether oxygens (including phenoxy) is 1. The summed E-state index contributed by atoms with van der Waals surface area (Å²) in [4.78, 5) is 8.63. The summed E-state index contributed by atoms with van der Waals surface area (Å²) in [5.74, 6) is 0. The molecular weight excluding hydrogens is 270 g/mol. The van der Waals surface area contributed by atoms with Crippen molar-refractivity contribution in [3.05, 3.63) is 15.6 Å². The van der Waals surface area contributed by atoms with Crippen LogP contribution in [0.5, 0.6) is 0 Å². The van der Waals surface area contributed by atoms with Crippen molar-refractivity contribution in [2.75, 3.05) is 26.2 Å². The van der Waals surface area contributed by atoms with E-state index in [1.54, 1.807) is 0 Å². The van der Waals surface area contributed by atoms with Gasteiger partial charge in [-0.1, -0.05) is 6.92 Å². The smallest absolute Gasteiger partial charge is 0.123 e. The van der Waals surface area contributed by atoms with Gasteiger partial charge in [-0.3, -0.25) is 4.90 Å². The third-order valence-corrected chi connectivity index (χ3v) is 5.25. The molecule has 1 aliphatic carbocycles. The Bertz CT molecular complexity index is 442. The molecule has 0 radical (unpaired) electrons. The predicted molar refractivity (Wildman–Crippen MR) is 82.1 cm³/mol. The maximum atomic E-state index is 5.93. The van der Waals surface area contributed by atoms with Crippen LogP contribution in [0.3, 0.4) is 0 Å². The molecule has 0 spiro atoms. The molecule has 1 N–H and O–H groups in total. The van der Waals surface area contributed by atoms with Crippen molar-refractivity contribution in [1.82, 2.24) is 15.2 Å². The molecule has 3 rings (SSSR count). The number of rotatable bonds is 6. The van der Waals surface area contributed by atoms with E-state index in [4.69, 9.17) is 9.72 Å². The first-order chi connectivity index (χ1) is 9.76. The zero-order chi connectivity index (χ0) is 13.9. The molecule has 2 aliphatic rings. The average molecular weight is 295 g/mol. The van der Waals surface area contributed by atoms with E-state index in [0.717, 1.165) is 37.3 Å². The Balaban J connectivity index is 1.61. The van der Waals surface area contributed by atoms with Gasteiger partial charge in [0.15, 0.2) is 0 Å². The summed E-state index contributed by atoms with van der Waals surface area (Å²) in [7, 11) is 0. The van der Waals surface area contributed by atoms with Crippen molar-refractivity contribution in [1.29, 1.82) is 0 Å². The molecule has 0 bridgehead atoms. The molecule has 1 aromatic rings. The van der Waals surface area contributed by atoms with Gasteiger partial charge in [-0.15, -0.1) is 11.3 Å². The third-order valence-electron chi connectivity index (χ3n) is 4.00. The van der Waals surface area contributed by atoms with Crippen LogP contribution in [0.15, 0.2) is 0 Å². The summed E-state index contributed by atoms with van der Waals surface area (Å²) >= 11 is 1.83. The molecule has 1 saturated heterocycles. The average Bonchev–Trinajstić information content (AvgIpc) is 3.20. The van der Waals surface area contributed by atoms with Gasteiger partial charge in [0, 0.05) is 30.6 Å². The zero-order valence-corrected chi connectivity index (χ0v) is 13.3. The summed E-state index contributed by atoms with van der Waals surface area (Å²) < 4.78 is 5.93. The maximum Gasteiger partial charge on any atom is 0.123 e. The number of hydrogen-bond donors (Lipinski definition) is 1. The molecule has 20 heavy (non-hydrogen) atoms. The van der Waals surface area contributed by atoms with Gasteiger partial charge in [0.1, 0.15) is 11.1 Å². The first-order valence-electron chi connectivity index (χ1n) is 7.79. The Hall–Kier alpha value is -0.490. The predicted octanol–water partition coefficient (Wildman–Crippen LogP) is 2.49. The van der Waals surface area contributed by atoms with Gasteiger partial charge in [0.05, 0.1) is 12.3 Å². The van der Waals surface area contributed by atoms with Gasteiger partial charge in [0.2, 0.25) is 0 Å². The maximum absolute atomic E-state index is 5.93. The van der Waals surface area contributed by atoms with Crippen molar-refractivity contribution in [2.45, 2.75) is 51.8 Å². The van der Waals surface area contributed by atoms with Crippen molar-refractivity contribution in [2.24, 2.45) is 0 Å². The monoisotopic (exact) mass is 295 g/mol. The van der Waals surface area contributed by atoms with E-state index in [2.05, 4.69) is 24.1 Å². The number of hydrogen-bond acceptors (Lipinski definition) is 5. The number of nitrogens with zero attached hydrogens (tertiary/aromatic N) is 2. The van der Waals surface area contributed by atoms with Crippen LogP contribution in [0.2, 0.25) is 0 Å². The van der Waals surface area contributed by atoms with Crippen LogP contribution in [0.25, 0.3) is 0 Å². The van der Waals surface area contributed by atoms with Crippen LogP contribution in [-0.2, 0) is 11.3 Å². The number of morpholine rings is 1. The molecule has 1 atom stereocenters. The van der Waals surface area contributed by atoms with Gasteiger partial charge in [-0.05, 0) is 32.7 Å². The molecule has 1 aromatic heterocycles. The largest absolute Gasteiger partial charge is 0.368 e. The van der Waals surface area contributed by atoms with Crippen LogP contribution in [0, 0.1) is 6.92 Å². The zero-order valence-electron chi connectivity index (χ0n) is 12.5. The summed E-state index contributed by atoms with van der Waals surface area (Å²) in [5.41, 5.74) is 1.18. The SMILES string of the molecule is CCCN1CCOC(c2nc(C)c(CNC3CC3)s2)C1. The third kappa shape index (κ3) is 3.58. The number of aryl methyl sites for hydroxylation is 1. The fourth-order valence-electron chi connectivity index (χ4n) is 2.65. The van der Waals surface area contributed by atoms with E-state index in [9.17, 15) is 0 Å². The van der Waals surface area contributed by atoms with E-state index in [1.807, 2.05) is 11.3 Å². The number of nitrogens with one attached hydrogen (secondary N) is 1. The Labute approximate surface area is 125 Å². The standard InChI is InChI=1S/C15H25N3OS/c1-3-6-18-7-8-19-13(10-18)15-17-11(2)14(20-15)9-16-12-4-5-12/h12-13,16H,3-10H2,1-2H3. The minimum absolute atomic E-state index is 0.175. The highest BCUT2D eigenvalue weighted by Crippen LogP contribution is 2.29. The fourth-order valence-corrected chi connectivity index (χ4v) is 3.71. The Morgan fingerprint density at radius 1 is 1.45 bits per heavy atom. The first-order valence-corrected chi connectivity index (χ1v) is 8.61. The Morgan fingerprint density at radius 2 is 2.30 bits per heavy atom. The fraction of sp³-hybridized carbons (Fsp3) is 0.800. The molecule has 5 heteroatoms. The van der Waals surface area contributed by atoms with Crippen LogP contribution >= 0.6 is 11.3 Å². The number of thiazole rings is 1. The van der Waals surface area contributed by atoms with Gasteiger partial charge >= 0.3 is 0 Å². The summed E-state index contributed by atoms with van der Waals surface area (Å²) in [6, 6.07) is 0.755. The highest BCUT2D eigenvalue weighted by Gasteiger charge is 2.26. The van der Waals surface area contributed by atoms with Gasteiger partial charge in [-0.2, -0.15) is 0 Å². The van der Waals surface area contributed by atoms with Gasteiger partial charge < -0.3 is 10.1 Å². The normalized spacial score (nSPS) is 24.2. The minimum atomic E-state index is 0.175. The second-order valence-corrected chi connectivity index (χ2v) is 6.99. The molecular formula is C15H25N3OS. The highest BCUT2D eigenvalue weighted by molar-refractivity contribution is 7.11. The molecule has 4 nitrogen and oxygen atoms in total. The lowest BCUT2D eigenvalue weighted by Crippen LogP contribution is -2.38. The molecule has 0 amide bonds. The van der Waals surface area contributed by atoms with Crippen molar-refractivity contribution >= 4 is 11.3 Å². The molecule has 1 unspecified atom stereocenters. The molecule has 1 aliphatic heterocycles. The van der Waals surface area contributed by atoms with Gasteiger partial charge in [-0.25, -0.2) is 4.98 Å². The summed E-state index contributed by atoms with van der Waals surface area (Å²) in [5, 5.41) is 4.74. The van der Waals surface area contributed by atoms with E-state index in [-0.39, 0.29) is 6.10 Å². The summed E-state index contributed by atoms with van der Waals surface area (Å²) in [6.07, 6.45) is 4.05. The molecule has 112 valence electrons. The van der Waals surface area contributed by atoms with Crippen LogP contribution < -0.4 is 5.32 Å². The summed E-state index contributed by atoms with van der Waals surface area (Å²) in [6.45, 7) is 9.39. The van der Waals surface area contributed by atoms with Crippen LogP contribution in [0.4, 0.5) is 0 Å². The lowest BCUT2D eigenvalue weighted by atomic mass is 10.2. The van der Waals surface area contributed by atoms with Crippen LogP contribution in [-0.4, -0.2) is 42.2 Å². The van der Waals surface area contributed by atoms with E-state index < -0.39 is 0 Å².